The molecule has 0 amide bonds. The van der Waals surface area contributed by atoms with Crippen molar-refractivity contribution in [3.8, 4) is 11.5 Å². The minimum absolute atomic E-state index is 0. The van der Waals surface area contributed by atoms with Gasteiger partial charge in [0.05, 0.1) is 7.11 Å². The highest BCUT2D eigenvalue weighted by molar-refractivity contribution is 5.85. The lowest BCUT2D eigenvalue weighted by Gasteiger charge is -2.36. The van der Waals surface area contributed by atoms with Gasteiger partial charge < -0.3 is 15.2 Å². The zero-order valence-electron chi connectivity index (χ0n) is 13.5. The minimum Gasteiger partial charge on any atom is -0.507 e. The van der Waals surface area contributed by atoms with Gasteiger partial charge in [0, 0.05) is 43.9 Å². The molecule has 4 nitrogen and oxygen atoms in total. The number of phenols is 1. The van der Waals surface area contributed by atoms with E-state index in [1.807, 2.05) is 12.1 Å². The normalized spacial score (nSPS) is 16.5. The Kier molecular flexibility index (Phi) is 9.85. The number of nitrogens with one attached hydrogen (secondary N) is 1. The number of rotatable bonds is 5. The second-order valence-electron chi connectivity index (χ2n) is 5.86. The molecule has 22 heavy (non-hydrogen) atoms. The fourth-order valence-electron chi connectivity index (χ4n) is 2.85. The number of methoxy groups -OCH3 is 1. The van der Waals surface area contributed by atoms with Gasteiger partial charge in [0.15, 0.2) is 0 Å². The van der Waals surface area contributed by atoms with Crippen LogP contribution in [0, 0.1) is 5.92 Å². The first-order chi connectivity index (χ1) is 9.61. The summed E-state index contributed by atoms with van der Waals surface area (Å²) in [6, 6.07) is 5.93. The van der Waals surface area contributed by atoms with Gasteiger partial charge in [-0.2, -0.15) is 0 Å². The lowest BCUT2D eigenvalue weighted by atomic mass is 9.94. The van der Waals surface area contributed by atoms with Crippen LogP contribution in [-0.4, -0.2) is 43.3 Å². The highest BCUT2D eigenvalue weighted by Crippen LogP contribution is 2.35. The van der Waals surface area contributed by atoms with Crippen LogP contribution in [0.4, 0.5) is 0 Å². The van der Waals surface area contributed by atoms with Crippen LogP contribution < -0.4 is 10.1 Å². The quantitative estimate of drug-likeness (QED) is 0.855. The Morgan fingerprint density at radius 3 is 2.36 bits per heavy atom. The van der Waals surface area contributed by atoms with Crippen molar-refractivity contribution in [2.45, 2.75) is 26.3 Å². The fraction of sp³-hybridized carbons (Fsp3) is 0.625. The highest BCUT2D eigenvalue weighted by atomic mass is 35.5. The van der Waals surface area contributed by atoms with E-state index in [1.165, 1.54) is 0 Å². The smallest absolute Gasteiger partial charge is 0.124 e. The third-order valence-corrected chi connectivity index (χ3v) is 3.88. The number of ether oxygens (including phenoxy) is 1. The van der Waals surface area contributed by atoms with Gasteiger partial charge in [-0.05, 0) is 18.4 Å². The van der Waals surface area contributed by atoms with Gasteiger partial charge in [-0.25, -0.2) is 0 Å². The topological polar surface area (TPSA) is 44.7 Å². The number of hydrogen-bond acceptors (Lipinski definition) is 4. The average Bonchev–Trinajstić information content (AvgIpc) is 2.45. The minimum atomic E-state index is 0. The van der Waals surface area contributed by atoms with Crippen LogP contribution in [0.2, 0.25) is 0 Å². The van der Waals surface area contributed by atoms with Crippen LogP contribution in [0.5, 0.6) is 11.5 Å². The van der Waals surface area contributed by atoms with Crippen LogP contribution in [0.15, 0.2) is 18.2 Å². The van der Waals surface area contributed by atoms with Crippen LogP contribution >= 0.6 is 24.8 Å². The maximum atomic E-state index is 10.3. The molecule has 2 N–H and O–H groups in total. The average molecular weight is 351 g/mol. The van der Waals surface area contributed by atoms with E-state index in [4.69, 9.17) is 4.74 Å². The molecule has 1 heterocycles. The SMILES string of the molecule is COc1ccc([C@H](CC(C)C)N2CCNCC2)c(O)c1.Cl.Cl. The molecule has 2 rings (SSSR count). The van der Waals surface area contributed by atoms with Crippen LogP contribution in [0.3, 0.4) is 0 Å². The van der Waals surface area contributed by atoms with Gasteiger partial charge in [0.2, 0.25) is 0 Å². The molecule has 0 unspecified atom stereocenters. The van der Waals surface area contributed by atoms with Gasteiger partial charge in [-0.3, -0.25) is 4.90 Å². The summed E-state index contributed by atoms with van der Waals surface area (Å²) in [6.45, 7) is 8.56. The molecule has 1 saturated heterocycles. The Morgan fingerprint density at radius 2 is 1.86 bits per heavy atom. The summed E-state index contributed by atoms with van der Waals surface area (Å²) in [5, 5.41) is 13.7. The van der Waals surface area contributed by atoms with Crippen molar-refractivity contribution in [3.63, 3.8) is 0 Å². The monoisotopic (exact) mass is 350 g/mol. The number of nitrogens with zero attached hydrogens (tertiary/aromatic N) is 1. The van der Waals surface area contributed by atoms with Gasteiger partial charge in [0.1, 0.15) is 11.5 Å². The van der Waals surface area contributed by atoms with E-state index in [0.717, 1.165) is 38.2 Å². The fourth-order valence-corrected chi connectivity index (χ4v) is 2.85. The van der Waals surface area contributed by atoms with E-state index in [9.17, 15) is 5.11 Å². The molecule has 6 heteroatoms. The maximum absolute atomic E-state index is 10.3. The Bertz CT molecular complexity index is 438. The molecule has 1 atom stereocenters. The van der Waals surface area contributed by atoms with E-state index in [2.05, 4.69) is 24.1 Å². The summed E-state index contributed by atoms with van der Waals surface area (Å²) in [5.41, 5.74) is 1.02. The standard InChI is InChI=1S/C16H26N2O2.2ClH/c1-12(2)10-15(18-8-6-17-7-9-18)14-5-4-13(20-3)11-16(14)19;;/h4-5,11-12,15,17,19H,6-10H2,1-3H3;2*1H/t15-;;/m0../s1. The highest BCUT2D eigenvalue weighted by Gasteiger charge is 2.25. The molecule has 0 aliphatic carbocycles. The van der Waals surface area contributed by atoms with Gasteiger partial charge in [-0.15, -0.1) is 24.8 Å². The number of piperazine rings is 1. The maximum Gasteiger partial charge on any atom is 0.124 e. The molecule has 0 bridgehead atoms. The van der Waals surface area contributed by atoms with Crippen molar-refractivity contribution in [1.82, 2.24) is 10.2 Å². The van der Waals surface area contributed by atoms with E-state index in [-0.39, 0.29) is 30.9 Å². The van der Waals surface area contributed by atoms with Gasteiger partial charge >= 0.3 is 0 Å². The van der Waals surface area contributed by atoms with Crippen LogP contribution in [-0.2, 0) is 0 Å². The van der Waals surface area contributed by atoms with Gasteiger partial charge in [0.25, 0.3) is 0 Å². The molecule has 1 fully saturated rings. The van der Waals surface area contributed by atoms with Crippen molar-refractivity contribution < 1.29 is 9.84 Å². The number of hydrogen-bond donors (Lipinski definition) is 2. The first-order valence-corrected chi connectivity index (χ1v) is 7.43. The van der Waals surface area contributed by atoms with Crippen LogP contribution in [0.1, 0.15) is 31.9 Å². The van der Waals surface area contributed by atoms with E-state index >= 15 is 0 Å². The Hall–Kier alpha value is -0.680. The third kappa shape index (κ3) is 5.51. The molecule has 1 aliphatic rings. The van der Waals surface area contributed by atoms with Crippen molar-refractivity contribution in [2.75, 3.05) is 33.3 Å². The lowest BCUT2D eigenvalue weighted by Crippen LogP contribution is -2.45. The zero-order chi connectivity index (χ0) is 14.5. The number of benzene rings is 1. The van der Waals surface area contributed by atoms with Crippen molar-refractivity contribution in [1.29, 1.82) is 0 Å². The molecular weight excluding hydrogens is 323 g/mol. The molecule has 128 valence electrons. The predicted octanol–water partition coefficient (Wildman–Crippen LogP) is 3.24. The summed E-state index contributed by atoms with van der Waals surface area (Å²) in [4.78, 5) is 2.47. The zero-order valence-corrected chi connectivity index (χ0v) is 15.2. The summed E-state index contributed by atoms with van der Waals surface area (Å²) in [6.07, 6.45) is 1.06. The Balaban J connectivity index is 0.00000220. The van der Waals surface area contributed by atoms with E-state index in [1.54, 1.807) is 13.2 Å². The largest absolute Gasteiger partial charge is 0.507 e. The lowest BCUT2D eigenvalue weighted by molar-refractivity contribution is 0.151. The number of halogens is 2. The molecular formula is C16H28Cl2N2O2. The Labute approximate surface area is 146 Å². The molecule has 1 aromatic carbocycles. The van der Waals surface area contributed by atoms with Crippen molar-refractivity contribution in [3.05, 3.63) is 23.8 Å². The van der Waals surface area contributed by atoms with E-state index in [0.29, 0.717) is 17.4 Å². The molecule has 0 radical (unpaired) electrons. The summed E-state index contributed by atoms with van der Waals surface area (Å²) in [7, 11) is 1.62. The molecule has 1 aliphatic heterocycles. The predicted molar refractivity (Wildman–Crippen MR) is 95.8 cm³/mol. The van der Waals surface area contributed by atoms with Crippen molar-refractivity contribution >= 4 is 24.8 Å². The summed E-state index contributed by atoms with van der Waals surface area (Å²) in [5.74, 6) is 1.64. The molecule has 0 spiro atoms. The second kappa shape index (κ2) is 10.2. The number of phenolic OH excluding ortho intramolecular Hbond substituents is 1. The first kappa shape index (κ1) is 21.3. The van der Waals surface area contributed by atoms with E-state index < -0.39 is 0 Å². The van der Waals surface area contributed by atoms with Crippen molar-refractivity contribution in [2.24, 2.45) is 5.92 Å². The molecule has 0 saturated carbocycles. The molecule has 1 aromatic rings. The summed E-state index contributed by atoms with van der Waals surface area (Å²) >= 11 is 0. The second-order valence-corrected chi connectivity index (χ2v) is 5.86. The molecule has 0 aromatic heterocycles. The first-order valence-electron chi connectivity index (χ1n) is 7.43. The van der Waals surface area contributed by atoms with Crippen LogP contribution in [0.25, 0.3) is 0 Å². The number of aromatic hydroxyl groups is 1. The Morgan fingerprint density at radius 1 is 1.23 bits per heavy atom. The summed E-state index contributed by atoms with van der Waals surface area (Å²) < 4.78 is 5.17. The third-order valence-electron chi connectivity index (χ3n) is 3.88. The van der Waals surface area contributed by atoms with Gasteiger partial charge in [-0.1, -0.05) is 19.9 Å².